The molecule has 1 atom stereocenters. The third-order valence-electron chi connectivity index (χ3n) is 2.13. The molecule has 0 aromatic rings. The van der Waals surface area contributed by atoms with Crippen LogP contribution in [-0.2, 0) is 0 Å². The maximum atomic E-state index is 5.27. The van der Waals surface area contributed by atoms with Crippen LogP contribution >= 0.6 is 24.0 Å². The fraction of sp³-hybridized carbons (Fsp3) is 0.900. The molecule has 1 aliphatic rings. The zero-order chi connectivity index (χ0) is 11.0. The van der Waals surface area contributed by atoms with Crippen molar-refractivity contribution in [2.24, 2.45) is 0 Å². The fourth-order valence-corrected chi connectivity index (χ4v) is 4.41. The predicted molar refractivity (Wildman–Crippen MR) is 68.7 cm³/mol. The van der Waals surface area contributed by atoms with E-state index in [4.69, 9.17) is 12.2 Å². The first-order chi connectivity index (χ1) is 6.22. The highest BCUT2D eigenvalue weighted by molar-refractivity contribution is 8.23. The molecule has 1 saturated heterocycles. The molecular weight excluding hydrogens is 212 g/mol. The fourth-order valence-electron chi connectivity index (χ4n) is 2.12. The molecule has 1 heterocycles. The van der Waals surface area contributed by atoms with Gasteiger partial charge in [0.2, 0.25) is 0 Å². The topological polar surface area (TPSA) is 24.1 Å². The smallest absolute Gasteiger partial charge is 0.135 e. The minimum absolute atomic E-state index is 0.0694. The van der Waals surface area contributed by atoms with E-state index in [9.17, 15) is 0 Å². The zero-order valence-corrected chi connectivity index (χ0v) is 11.2. The average molecular weight is 232 g/mol. The second kappa shape index (κ2) is 3.99. The molecule has 1 fully saturated rings. The lowest BCUT2D eigenvalue weighted by Gasteiger charge is -2.44. The molecule has 1 aliphatic heterocycles. The SMILES string of the molecule is CC(C)NC1(C)CC(C)(C)NC(=S)S1. The van der Waals surface area contributed by atoms with Crippen LogP contribution in [0.5, 0.6) is 0 Å². The number of rotatable bonds is 2. The maximum absolute atomic E-state index is 5.27. The molecule has 0 amide bonds. The van der Waals surface area contributed by atoms with Crippen molar-refractivity contribution in [2.45, 2.75) is 57.5 Å². The number of nitrogens with one attached hydrogen (secondary N) is 2. The lowest BCUT2D eigenvalue weighted by Crippen LogP contribution is -2.58. The zero-order valence-electron chi connectivity index (χ0n) is 9.60. The van der Waals surface area contributed by atoms with Gasteiger partial charge in [-0.15, -0.1) is 0 Å². The molecular formula is C10H20N2S2. The number of thioether (sulfide) groups is 1. The van der Waals surface area contributed by atoms with Gasteiger partial charge in [-0.1, -0.05) is 24.0 Å². The van der Waals surface area contributed by atoms with Crippen LogP contribution in [0.4, 0.5) is 0 Å². The van der Waals surface area contributed by atoms with Gasteiger partial charge < -0.3 is 10.6 Å². The van der Waals surface area contributed by atoms with Crippen LogP contribution in [0.15, 0.2) is 0 Å². The van der Waals surface area contributed by atoms with Crippen molar-refractivity contribution in [3.63, 3.8) is 0 Å². The van der Waals surface area contributed by atoms with Crippen molar-refractivity contribution in [1.29, 1.82) is 0 Å². The molecule has 2 N–H and O–H groups in total. The standard InChI is InChI=1S/C10H20N2S2/c1-7(2)11-10(5)6-9(3,4)12-8(13)14-10/h7,11H,6H2,1-5H3,(H,12,13). The summed E-state index contributed by atoms with van der Waals surface area (Å²) >= 11 is 7.00. The summed E-state index contributed by atoms with van der Waals surface area (Å²) in [6.07, 6.45) is 1.07. The number of thiocarbonyl (C=S) groups is 1. The normalized spacial score (nSPS) is 31.7. The van der Waals surface area contributed by atoms with Gasteiger partial charge in [-0.3, -0.25) is 0 Å². The largest absolute Gasteiger partial charge is 0.366 e. The molecule has 0 spiro atoms. The maximum Gasteiger partial charge on any atom is 0.135 e. The van der Waals surface area contributed by atoms with E-state index in [1.807, 2.05) is 0 Å². The Morgan fingerprint density at radius 3 is 2.43 bits per heavy atom. The summed E-state index contributed by atoms with van der Waals surface area (Å²) < 4.78 is 0.900. The van der Waals surface area contributed by atoms with Crippen molar-refractivity contribution in [3.8, 4) is 0 Å². The summed E-state index contributed by atoms with van der Waals surface area (Å²) in [5.41, 5.74) is 0.0962. The van der Waals surface area contributed by atoms with Crippen LogP contribution in [0, 0.1) is 0 Å². The molecule has 82 valence electrons. The molecule has 4 heteroatoms. The van der Waals surface area contributed by atoms with Gasteiger partial charge >= 0.3 is 0 Å². The summed E-state index contributed by atoms with van der Waals surface area (Å²) in [7, 11) is 0. The highest BCUT2D eigenvalue weighted by Gasteiger charge is 2.39. The van der Waals surface area contributed by atoms with Gasteiger partial charge in [0.1, 0.15) is 4.32 Å². The predicted octanol–water partition coefficient (Wildman–Crippen LogP) is 2.49. The van der Waals surface area contributed by atoms with Crippen LogP contribution in [-0.4, -0.2) is 20.8 Å². The third-order valence-corrected chi connectivity index (χ3v) is 3.48. The Bertz CT molecular complexity index is 238. The van der Waals surface area contributed by atoms with E-state index in [-0.39, 0.29) is 10.4 Å². The van der Waals surface area contributed by atoms with E-state index in [1.165, 1.54) is 0 Å². The summed E-state index contributed by atoms with van der Waals surface area (Å²) in [5.74, 6) is 0. The lowest BCUT2D eigenvalue weighted by molar-refractivity contribution is 0.317. The second-order valence-corrected chi connectivity index (χ2v) is 7.29. The molecule has 0 aromatic heterocycles. The monoisotopic (exact) mass is 232 g/mol. The van der Waals surface area contributed by atoms with E-state index in [0.29, 0.717) is 6.04 Å². The molecule has 0 aliphatic carbocycles. The van der Waals surface area contributed by atoms with Crippen LogP contribution in [0.2, 0.25) is 0 Å². The van der Waals surface area contributed by atoms with Gasteiger partial charge in [0.05, 0.1) is 4.87 Å². The molecule has 0 radical (unpaired) electrons. The van der Waals surface area contributed by atoms with Crippen molar-refractivity contribution in [3.05, 3.63) is 0 Å². The van der Waals surface area contributed by atoms with Crippen LogP contribution < -0.4 is 10.6 Å². The Morgan fingerprint density at radius 2 is 2.00 bits per heavy atom. The lowest BCUT2D eigenvalue weighted by atomic mass is 9.95. The quantitative estimate of drug-likeness (QED) is 0.714. The van der Waals surface area contributed by atoms with Gasteiger partial charge in [-0.25, -0.2) is 0 Å². The molecule has 1 rings (SSSR count). The van der Waals surface area contributed by atoms with Crippen LogP contribution in [0.1, 0.15) is 41.0 Å². The number of hydrogen-bond acceptors (Lipinski definition) is 3. The van der Waals surface area contributed by atoms with Gasteiger partial charge in [-0.05, 0) is 41.0 Å². The first-order valence-corrected chi connectivity index (χ1v) is 6.24. The average Bonchev–Trinajstić information content (AvgIpc) is 1.74. The van der Waals surface area contributed by atoms with E-state index < -0.39 is 0 Å². The summed E-state index contributed by atoms with van der Waals surface area (Å²) in [6, 6.07) is 0.490. The highest BCUT2D eigenvalue weighted by Crippen LogP contribution is 2.36. The van der Waals surface area contributed by atoms with E-state index in [1.54, 1.807) is 11.8 Å². The Labute approximate surface area is 96.6 Å². The van der Waals surface area contributed by atoms with Gasteiger partial charge in [0, 0.05) is 11.6 Å². The summed E-state index contributed by atoms with van der Waals surface area (Å²) in [5, 5.41) is 6.92. The Balaban J connectivity index is 2.74. The second-order valence-electron chi connectivity index (χ2n) is 5.11. The summed E-state index contributed by atoms with van der Waals surface area (Å²) in [6.45, 7) is 11.0. The first-order valence-electron chi connectivity index (χ1n) is 5.01. The molecule has 0 bridgehead atoms. The van der Waals surface area contributed by atoms with Crippen molar-refractivity contribution < 1.29 is 0 Å². The Morgan fingerprint density at radius 1 is 1.43 bits per heavy atom. The van der Waals surface area contributed by atoms with Gasteiger partial charge in [0.25, 0.3) is 0 Å². The molecule has 1 unspecified atom stereocenters. The minimum atomic E-state index is 0.0694. The van der Waals surface area contributed by atoms with Crippen molar-refractivity contribution >= 4 is 28.3 Å². The van der Waals surface area contributed by atoms with Crippen molar-refractivity contribution in [1.82, 2.24) is 10.6 Å². The number of hydrogen-bond donors (Lipinski definition) is 2. The van der Waals surface area contributed by atoms with Gasteiger partial charge in [-0.2, -0.15) is 0 Å². The Kier molecular flexibility index (Phi) is 3.49. The molecule has 14 heavy (non-hydrogen) atoms. The van der Waals surface area contributed by atoms with E-state index in [2.05, 4.69) is 45.3 Å². The van der Waals surface area contributed by atoms with Gasteiger partial charge in [0.15, 0.2) is 0 Å². The van der Waals surface area contributed by atoms with E-state index in [0.717, 1.165) is 10.7 Å². The molecule has 0 saturated carbocycles. The molecule has 0 aromatic carbocycles. The Hall–Kier alpha value is 0.200. The first kappa shape index (κ1) is 12.3. The highest BCUT2D eigenvalue weighted by atomic mass is 32.2. The molecule has 2 nitrogen and oxygen atoms in total. The summed E-state index contributed by atoms with van der Waals surface area (Å²) in [4.78, 5) is 0.0694. The minimum Gasteiger partial charge on any atom is -0.366 e. The third kappa shape index (κ3) is 3.41. The van der Waals surface area contributed by atoms with Crippen LogP contribution in [0.3, 0.4) is 0 Å². The van der Waals surface area contributed by atoms with E-state index >= 15 is 0 Å². The van der Waals surface area contributed by atoms with Crippen LogP contribution in [0.25, 0.3) is 0 Å². The van der Waals surface area contributed by atoms with Crippen molar-refractivity contribution in [2.75, 3.05) is 0 Å².